The Kier molecular flexibility index (Phi) is 3.73. The van der Waals surface area contributed by atoms with Crippen molar-refractivity contribution in [3.05, 3.63) is 59.7 Å². The molecule has 0 saturated carbocycles. The van der Waals surface area contributed by atoms with Crippen LogP contribution in [0.5, 0.6) is 0 Å². The van der Waals surface area contributed by atoms with Gasteiger partial charge in [-0.05, 0) is 28.7 Å². The Bertz CT molecular complexity index is 850. The van der Waals surface area contributed by atoms with E-state index in [1.165, 1.54) is 12.0 Å². The molecule has 0 aromatic heterocycles. The minimum absolute atomic E-state index is 0.126. The molecule has 0 radical (unpaired) electrons. The highest BCUT2D eigenvalue weighted by molar-refractivity contribution is 5.92. The highest BCUT2D eigenvalue weighted by atomic mass is 16.5. The smallest absolute Gasteiger partial charge is 0.410 e. The zero-order valence-electron chi connectivity index (χ0n) is 14.3. The Morgan fingerprint density at radius 1 is 1.08 bits per heavy atom. The summed E-state index contributed by atoms with van der Waals surface area (Å²) in [5.74, 6) is -1.91. The van der Waals surface area contributed by atoms with Crippen LogP contribution in [0.15, 0.2) is 48.5 Å². The second-order valence-corrected chi connectivity index (χ2v) is 6.66. The Morgan fingerprint density at radius 2 is 1.62 bits per heavy atom. The first kappa shape index (κ1) is 16.6. The zero-order chi connectivity index (χ0) is 18.5. The number of carbonyl (C=O) groups excluding carboxylic acids is 1. The molecule has 6 nitrogen and oxygen atoms in total. The molecule has 1 aliphatic carbocycles. The van der Waals surface area contributed by atoms with Crippen molar-refractivity contribution in [3.63, 3.8) is 0 Å². The van der Waals surface area contributed by atoms with Gasteiger partial charge in [0.05, 0.1) is 13.2 Å². The molecule has 1 heterocycles. The summed E-state index contributed by atoms with van der Waals surface area (Å²) >= 11 is 0. The van der Waals surface area contributed by atoms with Crippen molar-refractivity contribution in [1.82, 2.24) is 4.90 Å². The van der Waals surface area contributed by atoms with Crippen molar-refractivity contribution in [3.8, 4) is 11.1 Å². The summed E-state index contributed by atoms with van der Waals surface area (Å²) in [5, 5.41) is 21.1. The number of ether oxygens (including phenoxy) is 1. The molecule has 2 N–H and O–H groups in total. The van der Waals surface area contributed by atoms with Gasteiger partial charge in [0.1, 0.15) is 0 Å². The summed E-state index contributed by atoms with van der Waals surface area (Å²) in [6, 6.07) is 15.1. The average Bonchev–Trinajstić information content (AvgIpc) is 3.17. The third kappa shape index (κ3) is 1.96. The van der Waals surface area contributed by atoms with E-state index in [9.17, 15) is 19.8 Å². The molecule has 0 bridgehead atoms. The van der Waals surface area contributed by atoms with Gasteiger partial charge in [-0.15, -0.1) is 0 Å². The van der Waals surface area contributed by atoms with E-state index in [1.54, 1.807) is 0 Å². The van der Waals surface area contributed by atoms with Crippen LogP contribution in [-0.4, -0.2) is 52.5 Å². The van der Waals surface area contributed by atoms with Crippen molar-refractivity contribution < 1.29 is 24.5 Å². The first-order valence-electron chi connectivity index (χ1n) is 8.48. The normalized spacial score (nSPS) is 24.2. The molecule has 1 saturated heterocycles. The van der Waals surface area contributed by atoms with E-state index in [0.29, 0.717) is 0 Å². The van der Waals surface area contributed by atoms with E-state index in [1.807, 2.05) is 48.5 Å². The number of nitrogens with zero attached hydrogens (tertiary/aromatic N) is 1. The lowest BCUT2D eigenvalue weighted by Crippen LogP contribution is -2.62. The number of carboxylic acids is 1. The molecule has 4 rings (SSSR count). The maximum absolute atomic E-state index is 12.6. The highest BCUT2D eigenvalue weighted by Gasteiger charge is 2.63. The standard InChI is InChI=1S/C20H19NO5/c1-26-19(25)21-11-10-16(22)20(21,18(23)24)17-14-8-4-2-6-12(14)13-7-3-5-9-15(13)17/h2-9,16-17,22H,10-11H2,1H3,(H,23,24)/t16?,20-/m1/s1. The van der Waals surface area contributed by atoms with Crippen molar-refractivity contribution >= 4 is 12.1 Å². The minimum Gasteiger partial charge on any atom is -0.479 e. The lowest BCUT2D eigenvalue weighted by Gasteiger charge is -2.41. The van der Waals surface area contributed by atoms with Crippen LogP contribution in [0.25, 0.3) is 11.1 Å². The van der Waals surface area contributed by atoms with Gasteiger partial charge in [0, 0.05) is 12.5 Å². The second kappa shape index (κ2) is 5.85. The predicted octanol–water partition coefficient (Wildman–Crippen LogP) is 2.46. The Labute approximate surface area is 150 Å². The fraction of sp³-hybridized carbons (Fsp3) is 0.300. The van der Waals surface area contributed by atoms with E-state index in [2.05, 4.69) is 0 Å². The van der Waals surface area contributed by atoms with Crippen molar-refractivity contribution in [2.75, 3.05) is 13.7 Å². The zero-order valence-corrected chi connectivity index (χ0v) is 14.3. The number of aliphatic hydroxyl groups is 1. The summed E-state index contributed by atoms with van der Waals surface area (Å²) in [7, 11) is 1.22. The number of carbonyl (C=O) groups is 2. The van der Waals surface area contributed by atoms with Gasteiger partial charge >= 0.3 is 12.1 Å². The number of benzene rings is 2. The van der Waals surface area contributed by atoms with E-state index < -0.39 is 29.6 Å². The van der Waals surface area contributed by atoms with Crippen molar-refractivity contribution in [2.24, 2.45) is 0 Å². The van der Waals surface area contributed by atoms with Gasteiger partial charge in [0.2, 0.25) is 0 Å². The first-order chi connectivity index (χ1) is 12.5. The fourth-order valence-corrected chi connectivity index (χ4v) is 4.55. The summed E-state index contributed by atoms with van der Waals surface area (Å²) in [6.07, 6.45) is -1.77. The van der Waals surface area contributed by atoms with Gasteiger partial charge < -0.3 is 14.9 Å². The van der Waals surface area contributed by atoms with Crippen molar-refractivity contribution in [2.45, 2.75) is 24.0 Å². The van der Waals surface area contributed by atoms with Crippen LogP contribution in [0.2, 0.25) is 0 Å². The molecule has 2 aliphatic rings. The summed E-state index contributed by atoms with van der Waals surface area (Å²) in [4.78, 5) is 26.1. The van der Waals surface area contributed by atoms with Gasteiger partial charge in [-0.3, -0.25) is 4.90 Å². The SMILES string of the molecule is COC(=O)N1CCC(O)[C@]1(C(=O)O)C1c2ccccc2-c2ccccc21. The van der Waals surface area contributed by atoms with Crippen LogP contribution in [0.4, 0.5) is 4.79 Å². The quantitative estimate of drug-likeness (QED) is 0.866. The number of amides is 1. The van der Waals surface area contributed by atoms with E-state index in [0.717, 1.165) is 22.3 Å². The third-order valence-corrected chi connectivity index (χ3v) is 5.59. The molecule has 2 atom stereocenters. The van der Waals surface area contributed by atoms with Gasteiger partial charge in [-0.2, -0.15) is 0 Å². The Hall–Kier alpha value is -2.86. The molecular formula is C20H19NO5. The molecule has 0 spiro atoms. The molecule has 134 valence electrons. The maximum atomic E-state index is 12.6. The summed E-state index contributed by atoms with van der Waals surface area (Å²) < 4.78 is 4.84. The van der Waals surface area contributed by atoms with Crippen LogP contribution in [0.1, 0.15) is 23.5 Å². The van der Waals surface area contributed by atoms with E-state index in [-0.39, 0.29) is 13.0 Å². The van der Waals surface area contributed by atoms with Crippen molar-refractivity contribution in [1.29, 1.82) is 0 Å². The number of hydrogen-bond acceptors (Lipinski definition) is 4. The molecule has 26 heavy (non-hydrogen) atoms. The van der Waals surface area contributed by atoms with Gasteiger partial charge in [-0.1, -0.05) is 48.5 Å². The van der Waals surface area contributed by atoms with Crippen LogP contribution in [-0.2, 0) is 9.53 Å². The Morgan fingerprint density at radius 3 is 2.12 bits per heavy atom. The van der Waals surface area contributed by atoms with E-state index in [4.69, 9.17) is 4.74 Å². The molecule has 1 amide bonds. The number of carboxylic acid groups (broad SMARTS) is 1. The highest BCUT2D eigenvalue weighted by Crippen LogP contribution is 2.54. The minimum atomic E-state index is -1.81. The molecule has 1 aliphatic heterocycles. The number of rotatable bonds is 2. The monoisotopic (exact) mass is 353 g/mol. The largest absolute Gasteiger partial charge is 0.479 e. The van der Waals surface area contributed by atoms with E-state index >= 15 is 0 Å². The summed E-state index contributed by atoms with van der Waals surface area (Å²) in [6.45, 7) is 0.126. The molecule has 6 heteroatoms. The molecular weight excluding hydrogens is 334 g/mol. The van der Waals surface area contributed by atoms with Gasteiger partial charge in [-0.25, -0.2) is 9.59 Å². The number of aliphatic hydroxyl groups excluding tert-OH is 1. The average molecular weight is 353 g/mol. The number of aliphatic carboxylic acids is 1. The third-order valence-electron chi connectivity index (χ3n) is 5.59. The number of likely N-dealkylation sites (tertiary alicyclic amines) is 1. The predicted molar refractivity (Wildman–Crippen MR) is 93.8 cm³/mol. The Balaban J connectivity index is 2.02. The van der Waals surface area contributed by atoms with Crippen LogP contribution in [0, 0.1) is 0 Å². The lowest BCUT2D eigenvalue weighted by molar-refractivity contribution is -0.155. The first-order valence-corrected chi connectivity index (χ1v) is 8.48. The number of hydrogen-bond donors (Lipinski definition) is 2. The molecule has 2 aromatic carbocycles. The van der Waals surface area contributed by atoms with Gasteiger partial charge in [0.25, 0.3) is 0 Å². The summed E-state index contributed by atoms with van der Waals surface area (Å²) in [5.41, 5.74) is 1.64. The maximum Gasteiger partial charge on any atom is 0.410 e. The van der Waals surface area contributed by atoms with Crippen LogP contribution < -0.4 is 0 Å². The van der Waals surface area contributed by atoms with Crippen LogP contribution >= 0.6 is 0 Å². The van der Waals surface area contributed by atoms with Gasteiger partial charge in [0.15, 0.2) is 5.54 Å². The molecule has 1 fully saturated rings. The number of methoxy groups -OCH3 is 1. The number of fused-ring (bicyclic) bond motifs is 3. The lowest BCUT2D eigenvalue weighted by atomic mass is 9.74. The van der Waals surface area contributed by atoms with Crippen LogP contribution in [0.3, 0.4) is 0 Å². The topological polar surface area (TPSA) is 87.1 Å². The second-order valence-electron chi connectivity index (χ2n) is 6.66. The fourth-order valence-electron chi connectivity index (χ4n) is 4.55. The molecule has 1 unspecified atom stereocenters. The molecule has 2 aromatic rings.